The van der Waals surface area contributed by atoms with Crippen molar-refractivity contribution in [2.75, 3.05) is 13.2 Å². The topological polar surface area (TPSA) is 64.3 Å². The molecule has 1 aliphatic carbocycles. The summed E-state index contributed by atoms with van der Waals surface area (Å²) in [7, 11) is 0. The lowest BCUT2D eigenvalue weighted by atomic mass is 10.1. The number of amides is 1. The van der Waals surface area contributed by atoms with Gasteiger partial charge >= 0.3 is 0 Å². The van der Waals surface area contributed by atoms with E-state index in [-0.39, 0.29) is 30.3 Å². The molecule has 0 heterocycles. The molecule has 5 heteroatoms. The zero-order valence-electron chi connectivity index (χ0n) is 13.9. The number of carbonyl (C=O) groups is 1. The number of para-hydroxylation sites is 1. The summed E-state index contributed by atoms with van der Waals surface area (Å²) in [5.74, 6) is 1.26. The predicted molar refractivity (Wildman–Crippen MR) is 96.1 cm³/mol. The Morgan fingerprint density at radius 1 is 1.35 bits per heavy atom. The molecule has 23 heavy (non-hydrogen) atoms. The molecule has 0 radical (unpaired) electrons. The summed E-state index contributed by atoms with van der Waals surface area (Å²) in [6, 6.07) is 8.36. The number of hydrogen-bond acceptors (Lipinski definition) is 3. The molecule has 0 aromatic heterocycles. The zero-order valence-corrected chi connectivity index (χ0v) is 14.7. The van der Waals surface area contributed by atoms with Gasteiger partial charge in [-0.05, 0) is 50.2 Å². The highest BCUT2D eigenvalue weighted by Crippen LogP contribution is 2.24. The van der Waals surface area contributed by atoms with Crippen molar-refractivity contribution in [3.63, 3.8) is 0 Å². The van der Waals surface area contributed by atoms with Crippen LogP contribution in [0, 0.1) is 5.92 Å². The van der Waals surface area contributed by atoms with Crippen molar-refractivity contribution in [1.29, 1.82) is 0 Å². The van der Waals surface area contributed by atoms with Crippen LogP contribution in [-0.4, -0.2) is 25.1 Å². The molecule has 2 rings (SSSR count). The second-order valence-electron chi connectivity index (χ2n) is 6.12. The normalized spacial score (nSPS) is 19.9. The van der Waals surface area contributed by atoms with Crippen LogP contribution in [0.15, 0.2) is 24.3 Å². The lowest BCUT2D eigenvalue weighted by molar-refractivity contribution is -0.124. The third-order valence-electron chi connectivity index (χ3n) is 4.20. The Hall–Kier alpha value is -1.26. The van der Waals surface area contributed by atoms with Crippen molar-refractivity contribution >= 4 is 18.3 Å². The average molecular weight is 341 g/mol. The molecule has 130 valence electrons. The van der Waals surface area contributed by atoms with Gasteiger partial charge in [0, 0.05) is 18.5 Å². The van der Waals surface area contributed by atoms with Crippen LogP contribution >= 0.6 is 12.4 Å². The summed E-state index contributed by atoms with van der Waals surface area (Å²) in [5, 5.41) is 3.04. The summed E-state index contributed by atoms with van der Waals surface area (Å²) < 4.78 is 5.76. The maximum Gasteiger partial charge on any atom is 0.223 e. The van der Waals surface area contributed by atoms with Crippen molar-refractivity contribution in [1.82, 2.24) is 5.32 Å². The Morgan fingerprint density at radius 2 is 2.13 bits per heavy atom. The molecule has 0 aliphatic heterocycles. The molecule has 3 N–H and O–H groups in total. The molecule has 0 unspecified atom stereocenters. The quantitative estimate of drug-likeness (QED) is 0.715. The lowest BCUT2D eigenvalue weighted by Crippen LogP contribution is -2.31. The van der Waals surface area contributed by atoms with Crippen molar-refractivity contribution in [3.8, 4) is 5.75 Å². The molecule has 1 saturated carbocycles. The summed E-state index contributed by atoms with van der Waals surface area (Å²) in [6.45, 7) is 3.56. The van der Waals surface area contributed by atoms with Crippen molar-refractivity contribution in [2.45, 2.75) is 51.5 Å². The number of carbonyl (C=O) groups excluding carboxylic acids is 1. The molecule has 0 bridgehead atoms. The predicted octanol–water partition coefficient (Wildman–Crippen LogP) is 3.07. The molecular weight excluding hydrogens is 312 g/mol. The molecule has 2 atom stereocenters. The van der Waals surface area contributed by atoms with Gasteiger partial charge in [0.05, 0.1) is 6.61 Å². The standard InChI is InChI=1S/C18H28N2O2.ClH/c1-2-12-22-17-8-4-3-6-14(17)7-5-11-20-18(21)15-9-10-16(19)13-15;/h3-4,6,8,15-16H,2,5,7,9-13,19H2,1H3,(H,20,21);1H/t15-,16+;/m0./s1. The number of hydrogen-bond donors (Lipinski definition) is 2. The first-order valence-electron chi connectivity index (χ1n) is 8.44. The van der Waals surface area contributed by atoms with Crippen LogP contribution in [0.4, 0.5) is 0 Å². The van der Waals surface area contributed by atoms with E-state index >= 15 is 0 Å². The number of ether oxygens (including phenoxy) is 1. The highest BCUT2D eigenvalue weighted by atomic mass is 35.5. The molecule has 1 aliphatic rings. The van der Waals surface area contributed by atoms with Crippen LogP contribution in [0.3, 0.4) is 0 Å². The molecule has 1 aromatic rings. The van der Waals surface area contributed by atoms with Gasteiger partial charge in [-0.25, -0.2) is 0 Å². The first-order chi connectivity index (χ1) is 10.7. The minimum atomic E-state index is 0. The Labute approximate surface area is 145 Å². The Morgan fingerprint density at radius 3 is 2.83 bits per heavy atom. The van der Waals surface area contributed by atoms with Gasteiger partial charge in [0.2, 0.25) is 5.91 Å². The number of nitrogens with one attached hydrogen (secondary N) is 1. The largest absolute Gasteiger partial charge is 0.493 e. The Kier molecular flexibility index (Phi) is 9.03. The Bertz CT molecular complexity index is 482. The van der Waals surface area contributed by atoms with Gasteiger partial charge in [0.15, 0.2) is 0 Å². The van der Waals surface area contributed by atoms with Crippen LogP contribution in [-0.2, 0) is 11.2 Å². The van der Waals surface area contributed by atoms with Gasteiger partial charge in [-0.15, -0.1) is 12.4 Å². The molecule has 0 saturated heterocycles. The van der Waals surface area contributed by atoms with E-state index in [9.17, 15) is 4.79 Å². The number of aryl methyl sites for hydroxylation is 1. The van der Waals surface area contributed by atoms with Crippen LogP contribution in [0.1, 0.15) is 44.6 Å². The molecule has 0 spiro atoms. The van der Waals surface area contributed by atoms with E-state index in [1.165, 1.54) is 5.56 Å². The second-order valence-corrected chi connectivity index (χ2v) is 6.12. The molecule has 1 aromatic carbocycles. The van der Waals surface area contributed by atoms with Gasteiger partial charge in [0.1, 0.15) is 5.75 Å². The third-order valence-corrected chi connectivity index (χ3v) is 4.20. The van der Waals surface area contributed by atoms with Gasteiger partial charge < -0.3 is 15.8 Å². The van der Waals surface area contributed by atoms with Crippen LogP contribution < -0.4 is 15.8 Å². The zero-order chi connectivity index (χ0) is 15.8. The number of benzene rings is 1. The van der Waals surface area contributed by atoms with Crippen molar-refractivity contribution in [3.05, 3.63) is 29.8 Å². The van der Waals surface area contributed by atoms with Gasteiger partial charge in [0.25, 0.3) is 0 Å². The molecule has 1 amide bonds. The summed E-state index contributed by atoms with van der Waals surface area (Å²) in [4.78, 5) is 12.0. The van der Waals surface area contributed by atoms with Gasteiger partial charge in [-0.3, -0.25) is 4.79 Å². The van der Waals surface area contributed by atoms with Gasteiger partial charge in [-0.2, -0.15) is 0 Å². The van der Waals surface area contributed by atoms with E-state index in [1.54, 1.807) is 0 Å². The van der Waals surface area contributed by atoms with Crippen LogP contribution in [0.25, 0.3) is 0 Å². The fraction of sp³-hybridized carbons (Fsp3) is 0.611. The fourth-order valence-corrected chi connectivity index (χ4v) is 2.95. The van der Waals surface area contributed by atoms with E-state index in [1.807, 2.05) is 18.2 Å². The highest BCUT2D eigenvalue weighted by molar-refractivity contribution is 5.85. The monoisotopic (exact) mass is 340 g/mol. The minimum Gasteiger partial charge on any atom is -0.493 e. The molecular formula is C18H29ClN2O2. The van der Waals surface area contributed by atoms with Gasteiger partial charge in [-0.1, -0.05) is 25.1 Å². The maximum atomic E-state index is 12.0. The van der Waals surface area contributed by atoms with Crippen LogP contribution in [0.5, 0.6) is 5.75 Å². The number of nitrogens with two attached hydrogens (primary N) is 1. The maximum absolute atomic E-state index is 12.0. The van der Waals surface area contributed by atoms with E-state index in [4.69, 9.17) is 10.5 Å². The lowest BCUT2D eigenvalue weighted by Gasteiger charge is -2.12. The first kappa shape index (κ1) is 19.8. The minimum absolute atomic E-state index is 0. The molecule has 4 nitrogen and oxygen atoms in total. The Balaban J connectivity index is 0.00000264. The van der Waals surface area contributed by atoms with E-state index in [0.29, 0.717) is 6.54 Å². The van der Waals surface area contributed by atoms with E-state index in [0.717, 1.165) is 50.9 Å². The highest BCUT2D eigenvalue weighted by Gasteiger charge is 2.27. The van der Waals surface area contributed by atoms with E-state index < -0.39 is 0 Å². The smallest absolute Gasteiger partial charge is 0.223 e. The summed E-state index contributed by atoms with van der Waals surface area (Å²) in [5.41, 5.74) is 7.07. The third kappa shape index (κ3) is 6.40. The fourth-order valence-electron chi connectivity index (χ4n) is 2.95. The summed E-state index contributed by atoms with van der Waals surface area (Å²) in [6.07, 6.45) is 5.59. The van der Waals surface area contributed by atoms with Crippen molar-refractivity contribution in [2.24, 2.45) is 11.7 Å². The summed E-state index contributed by atoms with van der Waals surface area (Å²) >= 11 is 0. The number of rotatable bonds is 8. The average Bonchev–Trinajstić information content (AvgIpc) is 2.97. The molecule has 1 fully saturated rings. The SMILES string of the molecule is CCCOc1ccccc1CCCNC(=O)[C@H]1CC[C@@H](N)C1.Cl. The number of halogens is 1. The van der Waals surface area contributed by atoms with E-state index in [2.05, 4.69) is 18.3 Å². The van der Waals surface area contributed by atoms with Crippen LogP contribution in [0.2, 0.25) is 0 Å². The second kappa shape index (κ2) is 10.5. The van der Waals surface area contributed by atoms with Crippen molar-refractivity contribution < 1.29 is 9.53 Å². The first-order valence-corrected chi connectivity index (χ1v) is 8.44.